The predicted octanol–water partition coefficient (Wildman–Crippen LogP) is 4.20. The van der Waals surface area contributed by atoms with Crippen molar-refractivity contribution in [3.05, 3.63) is 75.1 Å². The first kappa shape index (κ1) is 25.9. The van der Waals surface area contributed by atoms with Crippen LogP contribution in [0.3, 0.4) is 0 Å². The molecule has 0 unspecified atom stereocenters. The van der Waals surface area contributed by atoms with E-state index < -0.39 is 16.9 Å². The maximum Gasteiger partial charge on any atom is 0.270 e. The highest BCUT2D eigenvalue weighted by molar-refractivity contribution is 7.99. The summed E-state index contributed by atoms with van der Waals surface area (Å²) in [6, 6.07) is 10.9. The number of anilines is 1. The number of nitro benzene ring substituents is 1. The molecule has 0 saturated carbocycles. The molecule has 0 radical (unpaired) electrons. The van der Waals surface area contributed by atoms with Crippen molar-refractivity contribution in [2.45, 2.75) is 38.9 Å². The van der Waals surface area contributed by atoms with Gasteiger partial charge in [-0.05, 0) is 37.0 Å². The van der Waals surface area contributed by atoms with Gasteiger partial charge in [0.05, 0.1) is 16.7 Å². The Labute approximate surface area is 207 Å². The van der Waals surface area contributed by atoms with E-state index in [4.69, 9.17) is 0 Å². The van der Waals surface area contributed by atoms with Gasteiger partial charge in [0.1, 0.15) is 0 Å². The van der Waals surface area contributed by atoms with Gasteiger partial charge in [-0.1, -0.05) is 49.9 Å². The van der Waals surface area contributed by atoms with E-state index in [1.807, 2.05) is 45.9 Å². The van der Waals surface area contributed by atoms with Crippen LogP contribution in [0, 0.1) is 29.9 Å². The number of carbonyl (C=O) groups is 2. The molecule has 1 atom stereocenters. The molecule has 2 aromatic carbocycles. The highest BCUT2D eigenvalue weighted by atomic mass is 32.2. The van der Waals surface area contributed by atoms with E-state index in [-0.39, 0.29) is 28.8 Å². The lowest BCUT2D eigenvalue weighted by Gasteiger charge is -2.21. The summed E-state index contributed by atoms with van der Waals surface area (Å²) in [4.78, 5) is 35.9. The number of aryl methyl sites for hydroxylation is 2. The molecule has 3 aromatic rings. The minimum atomic E-state index is -0.542. The molecule has 3 rings (SSSR count). The molecule has 0 aliphatic carbocycles. The van der Waals surface area contributed by atoms with Crippen molar-refractivity contribution in [1.29, 1.82) is 0 Å². The fourth-order valence-electron chi connectivity index (χ4n) is 3.55. The number of non-ortho nitro benzene ring substituents is 1. The Kier molecular flexibility index (Phi) is 8.23. The lowest BCUT2D eigenvalue weighted by atomic mass is 10.0. The van der Waals surface area contributed by atoms with Gasteiger partial charge in [0.15, 0.2) is 11.0 Å². The van der Waals surface area contributed by atoms with E-state index in [0.717, 1.165) is 16.8 Å². The molecule has 1 heterocycles. The Morgan fingerprint density at radius 2 is 1.77 bits per heavy atom. The Morgan fingerprint density at radius 3 is 2.40 bits per heavy atom. The standard InChI is InChI=1S/C24H28N6O4S/c1-14(2)20(26-23(32)17-10-7-11-18(12-17)30(33)34)22-27-28-24(29(22)5)35-13-19(31)25-21-15(3)8-6-9-16(21)4/h6-12,14,20H,13H2,1-5H3,(H,25,31)(H,26,32)/t20-/m1/s1. The van der Waals surface area contributed by atoms with Crippen LogP contribution in [0.4, 0.5) is 11.4 Å². The Bertz CT molecular complexity index is 1240. The number of rotatable bonds is 9. The fourth-order valence-corrected chi connectivity index (χ4v) is 4.27. The largest absolute Gasteiger partial charge is 0.342 e. The highest BCUT2D eigenvalue weighted by Crippen LogP contribution is 2.25. The Hall–Kier alpha value is -3.73. The average Bonchev–Trinajstić information content (AvgIpc) is 3.18. The Balaban J connectivity index is 1.70. The molecule has 0 aliphatic rings. The number of amides is 2. The van der Waals surface area contributed by atoms with Crippen LogP contribution in [-0.4, -0.2) is 37.3 Å². The van der Waals surface area contributed by atoms with Crippen molar-refractivity contribution in [3.63, 3.8) is 0 Å². The van der Waals surface area contributed by atoms with Crippen molar-refractivity contribution in [2.75, 3.05) is 11.1 Å². The highest BCUT2D eigenvalue weighted by Gasteiger charge is 2.26. The van der Waals surface area contributed by atoms with Crippen LogP contribution in [0.15, 0.2) is 47.6 Å². The van der Waals surface area contributed by atoms with Crippen molar-refractivity contribution < 1.29 is 14.5 Å². The molecule has 0 saturated heterocycles. The van der Waals surface area contributed by atoms with Gasteiger partial charge in [0.2, 0.25) is 5.91 Å². The van der Waals surface area contributed by atoms with Gasteiger partial charge in [-0.2, -0.15) is 0 Å². The molecule has 0 aliphatic heterocycles. The van der Waals surface area contributed by atoms with Gasteiger partial charge < -0.3 is 15.2 Å². The monoisotopic (exact) mass is 496 g/mol. The molecule has 184 valence electrons. The third-order valence-corrected chi connectivity index (χ3v) is 6.52. The lowest BCUT2D eigenvalue weighted by molar-refractivity contribution is -0.384. The van der Waals surface area contributed by atoms with Crippen molar-refractivity contribution in [2.24, 2.45) is 13.0 Å². The third kappa shape index (κ3) is 6.24. The summed E-state index contributed by atoms with van der Waals surface area (Å²) in [5.74, 6) is 0.0302. The number of para-hydroxylation sites is 1. The summed E-state index contributed by atoms with van der Waals surface area (Å²) in [6.45, 7) is 7.74. The second-order valence-corrected chi connectivity index (χ2v) is 9.45. The molecule has 10 nitrogen and oxygen atoms in total. The van der Waals surface area contributed by atoms with Crippen LogP contribution in [0.25, 0.3) is 0 Å². The van der Waals surface area contributed by atoms with Crippen LogP contribution in [-0.2, 0) is 11.8 Å². The van der Waals surface area contributed by atoms with Crippen molar-refractivity contribution in [1.82, 2.24) is 20.1 Å². The van der Waals surface area contributed by atoms with Crippen LogP contribution < -0.4 is 10.6 Å². The van der Waals surface area contributed by atoms with Gasteiger partial charge in [-0.15, -0.1) is 10.2 Å². The number of hydrogen-bond donors (Lipinski definition) is 2. The minimum absolute atomic E-state index is 0.0364. The molecule has 1 aromatic heterocycles. The molecule has 2 amide bonds. The smallest absolute Gasteiger partial charge is 0.270 e. The van der Waals surface area contributed by atoms with Crippen LogP contribution in [0.1, 0.15) is 47.2 Å². The molecule has 35 heavy (non-hydrogen) atoms. The number of aromatic nitrogens is 3. The zero-order valence-corrected chi connectivity index (χ0v) is 21.0. The number of nitrogens with zero attached hydrogens (tertiary/aromatic N) is 4. The molecule has 0 fully saturated rings. The topological polar surface area (TPSA) is 132 Å². The van der Waals surface area contributed by atoms with E-state index in [1.54, 1.807) is 11.6 Å². The molecule has 11 heteroatoms. The van der Waals surface area contributed by atoms with Crippen molar-refractivity contribution in [3.8, 4) is 0 Å². The van der Waals surface area contributed by atoms with Gasteiger partial charge in [0, 0.05) is 30.4 Å². The SMILES string of the molecule is Cc1cccc(C)c1NC(=O)CSc1nnc([C@H](NC(=O)c2cccc([N+](=O)[O-])c2)C(C)C)n1C. The number of hydrogen-bond acceptors (Lipinski definition) is 7. The van der Waals surface area contributed by atoms with Gasteiger partial charge in [-0.3, -0.25) is 19.7 Å². The summed E-state index contributed by atoms with van der Waals surface area (Å²) >= 11 is 1.25. The summed E-state index contributed by atoms with van der Waals surface area (Å²) in [5.41, 5.74) is 2.81. The third-order valence-electron chi connectivity index (χ3n) is 5.50. The quantitative estimate of drug-likeness (QED) is 0.258. The summed E-state index contributed by atoms with van der Waals surface area (Å²) in [6.07, 6.45) is 0. The second-order valence-electron chi connectivity index (χ2n) is 8.51. The van der Waals surface area contributed by atoms with E-state index >= 15 is 0 Å². The first-order valence-electron chi connectivity index (χ1n) is 11.0. The zero-order valence-electron chi connectivity index (χ0n) is 20.2. The summed E-state index contributed by atoms with van der Waals surface area (Å²) in [5, 5.41) is 25.9. The van der Waals surface area contributed by atoms with Crippen LogP contribution in [0.5, 0.6) is 0 Å². The first-order valence-corrected chi connectivity index (χ1v) is 12.0. The van der Waals surface area contributed by atoms with Gasteiger partial charge in [0.25, 0.3) is 11.6 Å². The van der Waals surface area contributed by atoms with E-state index in [0.29, 0.717) is 11.0 Å². The minimum Gasteiger partial charge on any atom is -0.342 e. The maximum absolute atomic E-state index is 12.8. The second kappa shape index (κ2) is 11.1. The summed E-state index contributed by atoms with van der Waals surface area (Å²) < 4.78 is 1.75. The fraction of sp³-hybridized carbons (Fsp3) is 0.333. The number of nitrogens with one attached hydrogen (secondary N) is 2. The van der Waals surface area contributed by atoms with E-state index in [9.17, 15) is 19.7 Å². The lowest BCUT2D eigenvalue weighted by Crippen LogP contribution is -2.33. The van der Waals surface area contributed by atoms with Gasteiger partial charge >= 0.3 is 0 Å². The number of carbonyl (C=O) groups excluding carboxylic acids is 2. The van der Waals surface area contributed by atoms with E-state index in [2.05, 4.69) is 20.8 Å². The molecular formula is C24H28N6O4S. The average molecular weight is 497 g/mol. The van der Waals surface area contributed by atoms with Crippen molar-refractivity contribution >= 4 is 35.0 Å². The van der Waals surface area contributed by atoms with E-state index in [1.165, 1.54) is 36.0 Å². The maximum atomic E-state index is 12.8. The molecular weight excluding hydrogens is 468 g/mol. The normalized spacial score (nSPS) is 11.8. The number of benzene rings is 2. The van der Waals surface area contributed by atoms with Gasteiger partial charge in [-0.25, -0.2) is 0 Å². The molecule has 0 bridgehead atoms. The van der Waals surface area contributed by atoms with Crippen LogP contribution >= 0.6 is 11.8 Å². The molecule has 2 N–H and O–H groups in total. The predicted molar refractivity (Wildman–Crippen MR) is 134 cm³/mol. The first-order chi connectivity index (χ1) is 16.6. The number of thioether (sulfide) groups is 1. The summed E-state index contributed by atoms with van der Waals surface area (Å²) in [7, 11) is 1.77. The molecule has 0 spiro atoms. The zero-order chi connectivity index (χ0) is 25.7. The number of nitro groups is 1. The Morgan fingerprint density at radius 1 is 1.11 bits per heavy atom. The van der Waals surface area contributed by atoms with Crippen LogP contribution in [0.2, 0.25) is 0 Å².